The third-order valence-electron chi connectivity index (χ3n) is 1.86. The highest BCUT2D eigenvalue weighted by atomic mass is 19.1. The molecular weight excluding hydrogens is 171 g/mol. The average Bonchev–Trinajstić information content (AvgIpc) is 2.46. The number of hydrogen-bond donors (Lipinski definition) is 1. The first-order valence-corrected chi connectivity index (χ1v) is 3.83. The van der Waals surface area contributed by atoms with E-state index in [1.165, 1.54) is 19.1 Å². The van der Waals surface area contributed by atoms with Gasteiger partial charge in [0.25, 0.3) is 0 Å². The van der Waals surface area contributed by atoms with Gasteiger partial charge in [0, 0.05) is 12.3 Å². The summed E-state index contributed by atoms with van der Waals surface area (Å²) in [4.78, 5) is 11.0. The number of fused-ring (bicyclic) bond motifs is 1. The lowest BCUT2D eigenvalue weighted by Gasteiger charge is -1.90. The van der Waals surface area contributed by atoms with E-state index in [0.717, 1.165) is 0 Å². The maximum absolute atomic E-state index is 12.8. The second kappa shape index (κ2) is 2.65. The Labute approximate surface area is 73.6 Å². The van der Waals surface area contributed by atoms with Crippen molar-refractivity contribution in [1.82, 2.24) is 10.2 Å². The maximum Gasteiger partial charge on any atom is 0.180 e. The molecule has 1 N–H and O–H groups in total. The Morgan fingerprint density at radius 2 is 2.31 bits per heavy atom. The van der Waals surface area contributed by atoms with Crippen molar-refractivity contribution in [2.45, 2.75) is 6.92 Å². The fourth-order valence-corrected chi connectivity index (χ4v) is 1.25. The predicted molar refractivity (Wildman–Crippen MR) is 46.1 cm³/mol. The number of halogens is 1. The Morgan fingerprint density at radius 1 is 1.54 bits per heavy atom. The lowest BCUT2D eigenvalue weighted by Crippen LogP contribution is -1.92. The molecule has 4 heteroatoms. The van der Waals surface area contributed by atoms with E-state index in [0.29, 0.717) is 10.9 Å². The molecule has 2 aromatic rings. The molecule has 1 heterocycles. The Balaban J connectivity index is 2.79. The van der Waals surface area contributed by atoms with Crippen LogP contribution in [-0.2, 0) is 0 Å². The van der Waals surface area contributed by atoms with Gasteiger partial charge in [0.1, 0.15) is 11.5 Å². The van der Waals surface area contributed by atoms with Crippen molar-refractivity contribution in [2.75, 3.05) is 0 Å². The second-order valence-electron chi connectivity index (χ2n) is 2.82. The summed E-state index contributed by atoms with van der Waals surface area (Å²) in [5, 5.41) is 6.99. The van der Waals surface area contributed by atoms with Crippen molar-refractivity contribution in [3.63, 3.8) is 0 Å². The van der Waals surface area contributed by atoms with E-state index < -0.39 is 0 Å². The first-order chi connectivity index (χ1) is 6.18. The molecule has 0 aliphatic carbocycles. The first kappa shape index (κ1) is 7.91. The number of nitrogens with one attached hydrogen (secondary N) is 1. The Morgan fingerprint density at radius 3 is 3.00 bits per heavy atom. The minimum Gasteiger partial charge on any atom is -0.293 e. The number of benzene rings is 1. The van der Waals surface area contributed by atoms with Crippen LogP contribution in [0.15, 0.2) is 18.2 Å². The number of H-pyrrole nitrogens is 1. The minimum atomic E-state index is -0.364. The summed E-state index contributed by atoms with van der Waals surface area (Å²) >= 11 is 0. The van der Waals surface area contributed by atoms with Crippen molar-refractivity contribution >= 4 is 16.7 Å². The number of aromatic nitrogens is 2. The quantitative estimate of drug-likeness (QED) is 0.678. The molecular formula is C9H7FN2O. The summed E-state index contributed by atoms with van der Waals surface area (Å²) in [6.07, 6.45) is 0. The van der Waals surface area contributed by atoms with E-state index in [1.807, 2.05) is 0 Å². The molecule has 0 radical (unpaired) electrons. The van der Waals surface area contributed by atoms with Gasteiger partial charge in [-0.05, 0) is 18.2 Å². The van der Waals surface area contributed by atoms with Gasteiger partial charge >= 0.3 is 0 Å². The third kappa shape index (κ3) is 1.20. The molecule has 66 valence electrons. The Bertz CT molecular complexity index is 475. The van der Waals surface area contributed by atoms with Gasteiger partial charge in [-0.25, -0.2) is 4.39 Å². The van der Waals surface area contributed by atoms with Gasteiger partial charge in [0.2, 0.25) is 0 Å². The molecule has 0 fully saturated rings. The number of carbonyl (C=O) groups is 1. The van der Waals surface area contributed by atoms with E-state index in [4.69, 9.17) is 0 Å². The van der Waals surface area contributed by atoms with Crippen molar-refractivity contribution < 1.29 is 9.18 Å². The molecule has 0 saturated carbocycles. The maximum atomic E-state index is 12.8. The molecule has 0 amide bonds. The smallest absolute Gasteiger partial charge is 0.180 e. The van der Waals surface area contributed by atoms with Gasteiger partial charge in [-0.3, -0.25) is 9.89 Å². The van der Waals surface area contributed by atoms with Crippen LogP contribution in [0.25, 0.3) is 10.9 Å². The second-order valence-corrected chi connectivity index (χ2v) is 2.82. The predicted octanol–water partition coefficient (Wildman–Crippen LogP) is 1.90. The molecule has 2 rings (SSSR count). The van der Waals surface area contributed by atoms with E-state index in [-0.39, 0.29) is 17.3 Å². The normalized spacial score (nSPS) is 10.6. The fraction of sp³-hybridized carbons (Fsp3) is 0.111. The standard InChI is InChI=1S/C9H7FN2O/c1-5(13)9-7-4-6(10)2-3-8(7)11-12-9/h2-4H,1H3,(H,11,12). The minimum absolute atomic E-state index is 0.170. The largest absolute Gasteiger partial charge is 0.293 e. The summed E-state index contributed by atoms with van der Waals surface area (Å²) in [5.41, 5.74) is 0.959. The Kier molecular flexibility index (Phi) is 1.62. The molecule has 0 bridgehead atoms. The molecule has 0 atom stereocenters. The lowest BCUT2D eigenvalue weighted by molar-refractivity contribution is 0.101. The molecule has 0 aliphatic heterocycles. The van der Waals surface area contributed by atoms with E-state index in [9.17, 15) is 9.18 Å². The molecule has 1 aromatic heterocycles. The number of hydrogen-bond acceptors (Lipinski definition) is 2. The summed E-state index contributed by atoms with van der Waals surface area (Å²) in [7, 11) is 0. The number of carbonyl (C=O) groups excluding carboxylic acids is 1. The summed E-state index contributed by atoms with van der Waals surface area (Å²) in [6, 6.07) is 4.18. The monoisotopic (exact) mass is 178 g/mol. The van der Waals surface area contributed by atoms with Crippen LogP contribution in [0.5, 0.6) is 0 Å². The van der Waals surface area contributed by atoms with Crippen LogP contribution in [0.4, 0.5) is 4.39 Å². The molecule has 1 aromatic carbocycles. The van der Waals surface area contributed by atoms with Gasteiger partial charge in [-0.1, -0.05) is 0 Å². The summed E-state index contributed by atoms with van der Waals surface area (Å²) < 4.78 is 12.8. The molecule has 0 unspecified atom stereocenters. The van der Waals surface area contributed by atoms with Crippen LogP contribution < -0.4 is 0 Å². The number of nitrogens with zero attached hydrogens (tertiary/aromatic N) is 1. The highest BCUT2D eigenvalue weighted by Crippen LogP contribution is 2.17. The SMILES string of the molecule is CC(=O)c1n[nH]c2ccc(F)cc12. The molecule has 0 aliphatic rings. The van der Waals surface area contributed by atoms with Crippen LogP contribution in [0.1, 0.15) is 17.4 Å². The van der Waals surface area contributed by atoms with Crippen LogP contribution in [0, 0.1) is 5.82 Å². The highest BCUT2D eigenvalue weighted by molar-refractivity contribution is 6.04. The zero-order chi connectivity index (χ0) is 9.42. The first-order valence-electron chi connectivity index (χ1n) is 3.83. The van der Waals surface area contributed by atoms with Crippen LogP contribution in [0.2, 0.25) is 0 Å². The van der Waals surface area contributed by atoms with Crippen molar-refractivity contribution in [3.8, 4) is 0 Å². The van der Waals surface area contributed by atoms with Crippen LogP contribution in [-0.4, -0.2) is 16.0 Å². The molecule has 13 heavy (non-hydrogen) atoms. The number of ketones is 1. The molecule has 0 saturated heterocycles. The van der Waals surface area contributed by atoms with E-state index >= 15 is 0 Å². The lowest BCUT2D eigenvalue weighted by atomic mass is 10.1. The van der Waals surface area contributed by atoms with Gasteiger partial charge in [0.05, 0.1) is 5.52 Å². The van der Waals surface area contributed by atoms with Crippen LogP contribution in [0.3, 0.4) is 0 Å². The van der Waals surface area contributed by atoms with E-state index in [1.54, 1.807) is 6.07 Å². The number of Topliss-reactive ketones (excluding diaryl/α,β-unsaturated/α-hetero) is 1. The molecule has 3 nitrogen and oxygen atoms in total. The van der Waals surface area contributed by atoms with Gasteiger partial charge in [-0.2, -0.15) is 5.10 Å². The number of aromatic amines is 1. The van der Waals surface area contributed by atoms with Gasteiger partial charge in [0.15, 0.2) is 5.78 Å². The fourth-order valence-electron chi connectivity index (χ4n) is 1.25. The average molecular weight is 178 g/mol. The van der Waals surface area contributed by atoms with Crippen molar-refractivity contribution in [1.29, 1.82) is 0 Å². The zero-order valence-corrected chi connectivity index (χ0v) is 6.97. The van der Waals surface area contributed by atoms with Gasteiger partial charge in [-0.15, -0.1) is 0 Å². The van der Waals surface area contributed by atoms with E-state index in [2.05, 4.69) is 10.2 Å². The molecule has 0 spiro atoms. The zero-order valence-electron chi connectivity index (χ0n) is 6.97. The van der Waals surface area contributed by atoms with Gasteiger partial charge < -0.3 is 0 Å². The topological polar surface area (TPSA) is 45.8 Å². The van der Waals surface area contributed by atoms with Crippen molar-refractivity contribution in [2.24, 2.45) is 0 Å². The summed E-state index contributed by atoms with van der Waals surface area (Å²) in [6.45, 7) is 1.40. The highest BCUT2D eigenvalue weighted by Gasteiger charge is 2.09. The number of rotatable bonds is 1. The Hall–Kier alpha value is -1.71. The van der Waals surface area contributed by atoms with Crippen molar-refractivity contribution in [3.05, 3.63) is 29.7 Å². The van der Waals surface area contributed by atoms with Crippen LogP contribution >= 0.6 is 0 Å². The summed E-state index contributed by atoms with van der Waals surface area (Å²) in [5.74, 6) is -0.534. The third-order valence-corrected chi connectivity index (χ3v) is 1.86.